The van der Waals surface area contributed by atoms with Crippen LogP contribution in [0.25, 0.3) is 11.0 Å². The highest BCUT2D eigenvalue weighted by Crippen LogP contribution is 2.24. The summed E-state index contributed by atoms with van der Waals surface area (Å²) in [4.78, 5) is 22.3. The molecule has 6 nitrogen and oxygen atoms in total. The Kier molecular flexibility index (Phi) is 6.81. The Bertz CT molecular complexity index is 920. The molecule has 2 N–H and O–H groups in total. The number of benzene rings is 2. The first-order chi connectivity index (χ1) is 13.6. The Morgan fingerprint density at radius 3 is 2.57 bits per heavy atom. The van der Waals surface area contributed by atoms with Crippen LogP contribution in [0.15, 0.2) is 47.6 Å². The lowest BCUT2D eigenvalue weighted by Gasteiger charge is -2.21. The zero-order valence-corrected chi connectivity index (χ0v) is 17.3. The standard InChI is InChI=1S/C21H26N4O2S/c1-4-25(5-2)16-9-7-15(8-10-16)22-20(26)14-28-21-23-18-12-11-17(27-6-3)13-19(18)24-21/h7-13H,4-6,14H2,1-3H3,(H,22,26)(H,23,24). The molecule has 2 aromatic carbocycles. The van der Waals surface area contributed by atoms with Crippen LogP contribution in [0.3, 0.4) is 0 Å². The minimum atomic E-state index is -0.0592. The molecule has 0 spiro atoms. The number of H-pyrrole nitrogens is 1. The highest BCUT2D eigenvalue weighted by molar-refractivity contribution is 7.99. The lowest BCUT2D eigenvalue weighted by molar-refractivity contribution is -0.113. The van der Waals surface area contributed by atoms with Gasteiger partial charge in [0.15, 0.2) is 5.16 Å². The molecular formula is C21H26N4O2S. The third-order valence-corrected chi connectivity index (χ3v) is 5.24. The molecule has 1 heterocycles. The number of rotatable bonds is 9. The monoisotopic (exact) mass is 398 g/mol. The molecule has 1 aromatic heterocycles. The quantitative estimate of drug-likeness (QED) is 0.518. The number of thioether (sulfide) groups is 1. The molecule has 28 heavy (non-hydrogen) atoms. The molecular weight excluding hydrogens is 372 g/mol. The van der Waals surface area contributed by atoms with Gasteiger partial charge in [0, 0.05) is 30.5 Å². The van der Waals surface area contributed by atoms with E-state index in [4.69, 9.17) is 4.74 Å². The van der Waals surface area contributed by atoms with Crippen LogP contribution in [-0.2, 0) is 4.79 Å². The number of fused-ring (bicyclic) bond motifs is 1. The van der Waals surface area contributed by atoms with E-state index >= 15 is 0 Å². The van der Waals surface area contributed by atoms with Gasteiger partial charge in [0.05, 0.1) is 23.4 Å². The Morgan fingerprint density at radius 2 is 1.89 bits per heavy atom. The van der Waals surface area contributed by atoms with E-state index in [0.717, 1.165) is 46.4 Å². The number of aromatic nitrogens is 2. The van der Waals surface area contributed by atoms with E-state index < -0.39 is 0 Å². The van der Waals surface area contributed by atoms with Crippen LogP contribution < -0.4 is 15.0 Å². The van der Waals surface area contributed by atoms with Gasteiger partial charge in [-0.15, -0.1) is 0 Å². The van der Waals surface area contributed by atoms with Crippen molar-refractivity contribution in [3.63, 3.8) is 0 Å². The van der Waals surface area contributed by atoms with Gasteiger partial charge in [0.2, 0.25) is 5.91 Å². The Morgan fingerprint density at radius 1 is 1.14 bits per heavy atom. The van der Waals surface area contributed by atoms with Gasteiger partial charge in [-0.05, 0) is 57.2 Å². The lowest BCUT2D eigenvalue weighted by atomic mass is 10.2. The van der Waals surface area contributed by atoms with Crippen LogP contribution in [-0.4, -0.2) is 41.3 Å². The first-order valence-electron chi connectivity index (χ1n) is 9.53. The molecule has 0 fully saturated rings. The van der Waals surface area contributed by atoms with Gasteiger partial charge in [-0.1, -0.05) is 11.8 Å². The third kappa shape index (κ3) is 4.98. The number of ether oxygens (including phenoxy) is 1. The molecule has 1 amide bonds. The van der Waals surface area contributed by atoms with Gasteiger partial charge < -0.3 is 19.9 Å². The summed E-state index contributed by atoms with van der Waals surface area (Å²) in [6, 6.07) is 13.7. The molecule has 0 saturated heterocycles. The third-order valence-electron chi connectivity index (χ3n) is 4.36. The van der Waals surface area contributed by atoms with Crippen molar-refractivity contribution in [1.82, 2.24) is 9.97 Å². The first-order valence-corrected chi connectivity index (χ1v) is 10.5. The van der Waals surface area contributed by atoms with E-state index in [1.165, 1.54) is 11.8 Å². The fraction of sp³-hybridized carbons (Fsp3) is 0.333. The minimum absolute atomic E-state index is 0.0592. The van der Waals surface area contributed by atoms with Gasteiger partial charge in [0.1, 0.15) is 5.75 Å². The molecule has 0 saturated carbocycles. The average molecular weight is 399 g/mol. The second kappa shape index (κ2) is 9.50. The maximum Gasteiger partial charge on any atom is 0.234 e. The summed E-state index contributed by atoms with van der Waals surface area (Å²) in [7, 11) is 0. The van der Waals surface area contributed by atoms with Crippen molar-refractivity contribution in [2.75, 3.05) is 35.7 Å². The zero-order chi connectivity index (χ0) is 19.9. The summed E-state index contributed by atoms with van der Waals surface area (Å²) < 4.78 is 5.50. The van der Waals surface area contributed by atoms with Crippen LogP contribution >= 0.6 is 11.8 Å². The van der Waals surface area contributed by atoms with Crippen molar-refractivity contribution >= 4 is 40.1 Å². The molecule has 0 aliphatic carbocycles. The predicted molar refractivity (Wildman–Crippen MR) is 117 cm³/mol. The van der Waals surface area contributed by atoms with E-state index in [1.54, 1.807) is 0 Å². The normalized spacial score (nSPS) is 10.8. The number of anilines is 2. The van der Waals surface area contributed by atoms with Gasteiger partial charge in [-0.3, -0.25) is 4.79 Å². The topological polar surface area (TPSA) is 70.2 Å². The van der Waals surface area contributed by atoms with Crippen LogP contribution in [0.2, 0.25) is 0 Å². The van der Waals surface area contributed by atoms with Crippen molar-refractivity contribution in [1.29, 1.82) is 0 Å². The molecule has 0 unspecified atom stereocenters. The van der Waals surface area contributed by atoms with Crippen LogP contribution in [0.1, 0.15) is 20.8 Å². The molecule has 0 bridgehead atoms. The number of imidazole rings is 1. The molecule has 3 rings (SSSR count). The maximum atomic E-state index is 12.3. The number of nitrogens with one attached hydrogen (secondary N) is 2. The van der Waals surface area contributed by atoms with E-state index in [9.17, 15) is 4.79 Å². The van der Waals surface area contributed by atoms with Crippen molar-refractivity contribution in [2.24, 2.45) is 0 Å². The SMILES string of the molecule is CCOc1ccc2nc(SCC(=O)Nc3ccc(N(CC)CC)cc3)[nH]c2c1. The highest BCUT2D eigenvalue weighted by atomic mass is 32.2. The summed E-state index contributed by atoms with van der Waals surface area (Å²) in [5, 5.41) is 3.65. The molecule has 7 heteroatoms. The summed E-state index contributed by atoms with van der Waals surface area (Å²) in [6.07, 6.45) is 0. The second-order valence-corrected chi connectivity index (χ2v) is 7.17. The molecule has 148 valence electrons. The van der Waals surface area contributed by atoms with Gasteiger partial charge in [0.25, 0.3) is 0 Å². The number of hydrogen-bond donors (Lipinski definition) is 2. The fourth-order valence-electron chi connectivity index (χ4n) is 2.97. The van der Waals surface area contributed by atoms with Crippen molar-refractivity contribution in [3.05, 3.63) is 42.5 Å². The van der Waals surface area contributed by atoms with E-state index in [2.05, 4.69) is 34.0 Å². The maximum absolute atomic E-state index is 12.3. The van der Waals surface area contributed by atoms with Crippen LogP contribution in [0, 0.1) is 0 Å². The number of amides is 1. The smallest absolute Gasteiger partial charge is 0.234 e. The lowest BCUT2D eigenvalue weighted by Crippen LogP contribution is -2.21. The number of hydrogen-bond acceptors (Lipinski definition) is 5. The molecule has 0 aliphatic heterocycles. The molecule has 0 radical (unpaired) electrons. The Labute approximate surface area is 169 Å². The molecule has 3 aromatic rings. The number of nitrogens with zero attached hydrogens (tertiary/aromatic N) is 2. The van der Waals surface area contributed by atoms with Crippen LogP contribution in [0.4, 0.5) is 11.4 Å². The van der Waals surface area contributed by atoms with Crippen molar-refractivity contribution in [2.45, 2.75) is 25.9 Å². The number of carbonyl (C=O) groups is 1. The van der Waals surface area contributed by atoms with E-state index in [-0.39, 0.29) is 11.7 Å². The minimum Gasteiger partial charge on any atom is -0.494 e. The summed E-state index contributed by atoms with van der Waals surface area (Å²) >= 11 is 1.38. The zero-order valence-electron chi connectivity index (χ0n) is 16.5. The molecule has 0 atom stereocenters. The summed E-state index contributed by atoms with van der Waals surface area (Å²) in [5.41, 5.74) is 3.72. The van der Waals surface area contributed by atoms with E-state index in [1.807, 2.05) is 49.4 Å². The Hall–Kier alpha value is -2.67. The van der Waals surface area contributed by atoms with Gasteiger partial charge >= 0.3 is 0 Å². The Balaban J connectivity index is 1.56. The number of carbonyl (C=O) groups excluding carboxylic acids is 1. The second-order valence-electron chi connectivity index (χ2n) is 6.21. The molecule has 0 aliphatic rings. The van der Waals surface area contributed by atoms with Crippen LogP contribution in [0.5, 0.6) is 5.75 Å². The first kappa shape index (κ1) is 20.1. The summed E-state index contributed by atoms with van der Waals surface area (Å²) in [6.45, 7) is 8.76. The fourth-order valence-corrected chi connectivity index (χ4v) is 3.65. The average Bonchev–Trinajstić information content (AvgIpc) is 3.11. The van der Waals surface area contributed by atoms with E-state index in [0.29, 0.717) is 6.61 Å². The highest BCUT2D eigenvalue weighted by Gasteiger charge is 2.09. The number of aromatic amines is 1. The van der Waals surface area contributed by atoms with Gasteiger partial charge in [-0.25, -0.2) is 4.98 Å². The summed E-state index contributed by atoms with van der Waals surface area (Å²) in [5.74, 6) is 1.03. The van der Waals surface area contributed by atoms with Gasteiger partial charge in [-0.2, -0.15) is 0 Å². The predicted octanol–water partition coefficient (Wildman–Crippen LogP) is 4.54. The largest absolute Gasteiger partial charge is 0.494 e. The van der Waals surface area contributed by atoms with Crippen molar-refractivity contribution < 1.29 is 9.53 Å². The van der Waals surface area contributed by atoms with Crippen molar-refractivity contribution in [3.8, 4) is 5.75 Å².